The van der Waals surface area contributed by atoms with Gasteiger partial charge < -0.3 is 5.11 Å². The Bertz CT molecular complexity index is 639. The first-order valence-corrected chi connectivity index (χ1v) is 8.00. The molecule has 0 aliphatic heterocycles. The van der Waals surface area contributed by atoms with Crippen LogP contribution in [0.25, 0.3) is 0 Å². The topological polar surface area (TPSA) is 63.8 Å². The lowest BCUT2D eigenvalue weighted by Crippen LogP contribution is -2.11. The van der Waals surface area contributed by atoms with Crippen LogP contribution in [0.5, 0.6) is 0 Å². The lowest BCUT2D eigenvalue weighted by Gasteiger charge is -2.14. The number of aryl methyl sites for hydroxylation is 4. The largest absolute Gasteiger partial charge is 0.388 e. The molecule has 0 saturated carbocycles. The molecule has 2 rings (SSSR count). The molecule has 2 aromatic rings. The van der Waals surface area contributed by atoms with E-state index in [0.717, 1.165) is 45.8 Å². The zero-order valence-corrected chi connectivity index (χ0v) is 14.5. The summed E-state index contributed by atoms with van der Waals surface area (Å²) in [6.07, 6.45) is 0.765. The Morgan fingerprint density at radius 2 is 2.00 bits per heavy atom. The maximum absolute atomic E-state index is 10.6. The highest BCUT2D eigenvalue weighted by molar-refractivity contribution is 9.10. The molecular formula is C15H21BrN4O. The van der Waals surface area contributed by atoms with Crippen LogP contribution in [0.2, 0.25) is 0 Å². The Morgan fingerprint density at radius 1 is 1.29 bits per heavy atom. The van der Waals surface area contributed by atoms with Crippen LogP contribution in [-0.4, -0.2) is 25.1 Å². The monoisotopic (exact) mass is 352 g/mol. The maximum atomic E-state index is 10.6. The van der Waals surface area contributed by atoms with E-state index in [1.807, 2.05) is 24.6 Å². The average Bonchev–Trinajstić information content (AvgIpc) is 2.77. The minimum Gasteiger partial charge on any atom is -0.388 e. The van der Waals surface area contributed by atoms with Gasteiger partial charge in [0.05, 0.1) is 33.4 Å². The van der Waals surface area contributed by atoms with Crippen LogP contribution in [0.15, 0.2) is 10.5 Å². The number of rotatable bonds is 5. The van der Waals surface area contributed by atoms with E-state index < -0.39 is 6.10 Å². The third-order valence-corrected chi connectivity index (χ3v) is 4.50. The molecule has 2 heterocycles. The number of aliphatic hydroxyl groups excluding tert-OH is 1. The Kier molecular flexibility index (Phi) is 5.11. The Morgan fingerprint density at radius 3 is 2.62 bits per heavy atom. The summed E-state index contributed by atoms with van der Waals surface area (Å²) >= 11 is 3.61. The van der Waals surface area contributed by atoms with Crippen LogP contribution in [0, 0.1) is 13.8 Å². The highest BCUT2D eigenvalue weighted by Crippen LogP contribution is 2.28. The number of hydrogen-bond acceptors (Lipinski definition) is 4. The molecule has 0 aliphatic rings. The molecule has 0 aliphatic carbocycles. The van der Waals surface area contributed by atoms with E-state index in [1.54, 1.807) is 0 Å². The molecule has 6 heteroatoms. The normalized spacial score (nSPS) is 12.7. The molecular weight excluding hydrogens is 332 g/mol. The quantitative estimate of drug-likeness (QED) is 0.898. The molecule has 1 unspecified atom stereocenters. The average molecular weight is 353 g/mol. The second kappa shape index (κ2) is 6.66. The predicted molar refractivity (Wildman–Crippen MR) is 85.1 cm³/mol. The van der Waals surface area contributed by atoms with Gasteiger partial charge in [0.2, 0.25) is 0 Å². The summed E-state index contributed by atoms with van der Waals surface area (Å²) in [5.74, 6) is 0. The van der Waals surface area contributed by atoms with E-state index in [9.17, 15) is 5.11 Å². The number of nitrogens with zero attached hydrogens (tertiary/aromatic N) is 4. The van der Waals surface area contributed by atoms with Gasteiger partial charge in [0.15, 0.2) is 0 Å². The van der Waals surface area contributed by atoms with Crippen LogP contribution in [0.1, 0.15) is 48.3 Å². The molecule has 114 valence electrons. The highest BCUT2D eigenvalue weighted by Gasteiger charge is 2.20. The van der Waals surface area contributed by atoms with E-state index in [2.05, 4.69) is 45.1 Å². The fourth-order valence-electron chi connectivity index (χ4n) is 2.41. The third-order valence-electron chi connectivity index (χ3n) is 3.58. The Labute approximate surface area is 133 Å². The van der Waals surface area contributed by atoms with E-state index in [0.29, 0.717) is 6.42 Å². The van der Waals surface area contributed by atoms with Crippen molar-refractivity contribution in [3.8, 4) is 0 Å². The summed E-state index contributed by atoms with van der Waals surface area (Å²) in [5.41, 5.74) is 4.46. The molecule has 1 N–H and O–H groups in total. The van der Waals surface area contributed by atoms with Gasteiger partial charge in [0, 0.05) is 18.5 Å². The van der Waals surface area contributed by atoms with Crippen molar-refractivity contribution < 1.29 is 5.11 Å². The number of aliphatic hydroxyl groups is 1. The Hall–Kier alpha value is -1.27. The first-order chi connectivity index (χ1) is 9.97. The van der Waals surface area contributed by atoms with E-state index in [-0.39, 0.29) is 0 Å². The minimum atomic E-state index is -0.609. The van der Waals surface area contributed by atoms with Crippen molar-refractivity contribution in [2.24, 2.45) is 0 Å². The van der Waals surface area contributed by atoms with Crippen molar-refractivity contribution in [2.75, 3.05) is 0 Å². The van der Waals surface area contributed by atoms with Crippen molar-refractivity contribution in [2.45, 2.75) is 53.2 Å². The summed E-state index contributed by atoms with van der Waals surface area (Å²) in [5, 5.41) is 23.2. The second-order valence-corrected chi connectivity index (χ2v) is 5.92. The zero-order valence-electron chi connectivity index (χ0n) is 12.9. The van der Waals surface area contributed by atoms with E-state index in [4.69, 9.17) is 0 Å². The van der Waals surface area contributed by atoms with Gasteiger partial charge in [-0.15, -0.1) is 0 Å². The standard InChI is InChI=1S/C15H21BrN4O/c1-5-12-15(16)13(20(6-2)19-12)8-14(21)11-7-9(3)17-18-10(11)4/h7,14,21H,5-6,8H2,1-4H3. The molecule has 0 amide bonds. The van der Waals surface area contributed by atoms with Crippen LogP contribution in [-0.2, 0) is 19.4 Å². The first kappa shape index (κ1) is 16.1. The fourth-order valence-corrected chi connectivity index (χ4v) is 3.14. The first-order valence-electron chi connectivity index (χ1n) is 7.20. The third kappa shape index (κ3) is 3.32. The number of aromatic nitrogens is 4. The van der Waals surface area contributed by atoms with Gasteiger partial charge in [-0.3, -0.25) is 4.68 Å². The molecule has 0 spiro atoms. The van der Waals surface area contributed by atoms with E-state index >= 15 is 0 Å². The molecule has 0 radical (unpaired) electrons. The maximum Gasteiger partial charge on any atom is 0.0864 e. The van der Waals surface area contributed by atoms with Crippen LogP contribution < -0.4 is 0 Å². The fraction of sp³-hybridized carbons (Fsp3) is 0.533. The van der Waals surface area contributed by atoms with Crippen LogP contribution in [0.4, 0.5) is 0 Å². The number of halogens is 1. The molecule has 0 bridgehead atoms. The van der Waals surface area contributed by atoms with Gasteiger partial charge >= 0.3 is 0 Å². The molecule has 0 fully saturated rings. The summed E-state index contributed by atoms with van der Waals surface area (Å²) in [7, 11) is 0. The summed E-state index contributed by atoms with van der Waals surface area (Å²) in [6.45, 7) is 8.66. The second-order valence-electron chi connectivity index (χ2n) is 5.12. The van der Waals surface area contributed by atoms with Crippen molar-refractivity contribution >= 4 is 15.9 Å². The van der Waals surface area contributed by atoms with E-state index in [1.165, 1.54) is 0 Å². The lowest BCUT2D eigenvalue weighted by atomic mass is 10.0. The summed E-state index contributed by atoms with van der Waals surface area (Å²) in [4.78, 5) is 0. The van der Waals surface area contributed by atoms with Gasteiger partial charge in [0.1, 0.15) is 0 Å². The Balaban J connectivity index is 2.33. The molecule has 1 atom stereocenters. The van der Waals surface area contributed by atoms with Gasteiger partial charge in [0.25, 0.3) is 0 Å². The highest BCUT2D eigenvalue weighted by atomic mass is 79.9. The van der Waals surface area contributed by atoms with Crippen LogP contribution in [0.3, 0.4) is 0 Å². The van der Waals surface area contributed by atoms with Crippen molar-refractivity contribution in [3.05, 3.63) is 38.9 Å². The van der Waals surface area contributed by atoms with Crippen molar-refractivity contribution in [3.63, 3.8) is 0 Å². The molecule has 2 aromatic heterocycles. The molecule has 21 heavy (non-hydrogen) atoms. The molecule has 5 nitrogen and oxygen atoms in total. The van der Waals surface area contributed by atoms with Gasteiger partial charge in [-0.1, -0.05) is 6.92 Å². The zero-order chi connectivity index (χ0) is 15.6. The molecule has 0 saturated heterocycles. The minimum absolute atomic E-state index is 0.507. The van der Waals surface area contributed by atoms with Gasteiger partial charge in [-0.25, -0.2) is 0 Å². The number of hydrogen-bond donors (Lipinski definition) is 1. The smallest absolute Gasteiger partial charge is 0.0864 e. The van der Waals surface area contributed by atoms with Crippen molar-refractivity contribution in [1.82, 2.24) is 20.0 Å². The summed E-state index contributed by atoms with van der Waals surface area (Å²) < 4.78 is 2.95. The van der Waals surface area contributed by atoms with Gasteiger partial charge in [-0.2, -0.15) is 15.3 Å². The van der Waals surface area contributed by atoms with Crippen LogP contribution >= 0.6 is 15.9 Å². The lowest BCUT2D eigenvalue weighted by molar-refractivity contribution is 0.173. The summed E-state index contributed by atoms with van der Waals surface area (Å²) in [6, 6.07) is 1.90. The predicted octanol–water partition coefficient (Wildman–Crippen LogP) is 2.91. The SMILES string of the molecule is CCc1nn(CC)c(CC(O)c2cc(C)nnc2C)c1Br. The van der Waals surface area contributed by atoms with Gasteiger partial charge in [-0.05, 0) is 49.2 Å². The van der Waals surface area contributed by atoms with Crippen molar-refractivity contribution in [1.29, 1.82) is 0 Å². The molecule has 0 aromatic carbocycles.